The Bertz CT molecular complexity index is 867. The zero-order valence-electron chi connectivity index (χ0n) is 15.2. The van der Waals surface area contributed by atoms with Crippen LogP contribution in [0.5, 0.6) is 11.5 Å². The highest BCUT2D eigenvalue weighted by Crippen LogP contribution is 2.59. The highest BCUT2D eigenvalue weighted by molar-refractivity contribution is 6.08. The number of amides is 3. The second-order valence-corrected chi connectivity index (χ2v) is 8.70. The first-order valence-corrected chi connectivity index (χ1v) is 9.69. The number of urea groups is 1. The van der Waals surface area contributed by atoms with Gasteiger partial charge in [0, 0.05) is 29.9 Å². The highest BCUT2D eigenvalue weighted by Gasteiger charge is 2.59. The van der Waals surface area contributed by atoms with Gasteiger partial charge in [0.05, 0.1) is 19.8 Å². The number of hydrogen-bond acceptors (Lipinski definition) is 5. The van der Waals surface area contributed by atoms with Gasteiger partial charge in [0.1, 0.15) is 17.6 Å². The van der Waals surface area contributed by atoms with Crippen LogP contribution in [-0.2, 0) is 14.9 Å². The first-order valence-electron chi connectivity index (χ1n) is 9.69. The molecule has 3 amide bonds. The van der Waals surface area contributed by atoms with Gasteiger partial charge in [0.25, 0.3) is 5.91 Å². The molecule has 1 N–H and O–H groups in total. The van der Waals surface area contributed by atoms with Gasteiger partial charge in [0.2, 0.25) is 0 Å². The Morgan fingerprint density at radius 3 is 2.59 bits per heavy atom. The molecule has 142 valence electrons. The minimum Gasteiger partial charge on any atom is -0.492 e. The van der Waals surface area contributed by atoms with E-state index in [-0.39, 0.29) is 42.7 Å². The Morgan fingerprint density at radius 2 is 1.96 bits per heavy atom. The van der Waals surface area contributed by atoms with Crippen molar-refractivity contribution in [2.75, 3.05) is 19.8 Å². The number of benzene rings is 1. The summed E-state index contributed by atoms with van der Waals surface area (Å²) in [5, 5.41) is 2.79. The van der Waals surface area contributed by atoms with Gasteiger partial charge in [-0.05, 0) is 31.4 Å². The fraction of sp³-hybridized carbons (Fsp3) is 0.600. The van der Waals surface area contributed by atoms with Crippen molar-refractivity contribution in [2.45, 2.75) is 55.7 Å². The summed E-state index contributed by atoms with van der Waals surface area (Å²) in [4.78, 5) is 26.2. The van der Waals surface area contributed by atoms with Gasteiger partial charge in [-0.1, -0.05) is 6.07 Å². The van der Waals surface area contributed by atoms with Crippen molar-refractivity contribution in [3.63, 3.8) is 0 Å². The van der Waals surface area contributed by atoms with Crippen LogP contribution in [0.3, 0.4) is 0 Å². The maximum Gasteiger partial charge on any atom is 0.325 e. The fourth-order valence-corrected chi connectivity index (χ4v) is 4.78. The second kappa shape index (κ2) is 4.95. The van der Waals surface area contributed by atoms with Crippen molar-refractivity contribution in [3.05, 3.63) is 23.3 Å². The summed E-state index contributed by atoms with van der Waals surface area (Å²) in [7, 11) is 0. The molecule has 0 atom stereocenters. The number of nitrogens with zero attached hydrogens (tertiary/aromatic N) is 1. The standard InChI is InChI=1S/C20H22N2O5/c1-11-2-3-14(15-16(11)26-8-19(15)4-5-19)27-13-6-12(7-13)22-17(23)20(9-25-10-20)21-18(22)24/h2-3,12-13H,4-10H2,1H3,(H,21,24). The molecular weight excluding hydrogens is 348 g/mol. The quantitative estimate of drug-likeness (QED) is 0.819. The largest absolute Gasteiger partial charge is 0.492 e. The van der Waals surface area contributed by atoms with Crippen LogP contribution in [0.4, 0.5) is 4.79 Å². The Hall–Kier alpha value is -2.28. The number of aryl methyl sites for hydroxylation is 1. The Morgan fingerprint density at radius 1 is 1.19 bits per heavy atom. The minimum atomic E-state index is -0.809. The summed E-state index contributed by atoms with van der Waals surface area (Å²) >= 11 is 0. The van der Waals surface area contributed by atoms with Gasteiger partial charge in [-0.25, -0.2) is 4.79 Å². The lowest BCUT2D eigenvalue weighted by Crippen LogP contribution is -2.63. The van der Waals surface area contributed by atoms with Gasteiger partial charge in [-0.2, -0.15) is 0 Å². The molecule has 5 aliphatic rings. The Kier molecular flexibility index (Phi) is 2.89. The molecular formula is C20H22N2O5. The molecule has 7 nitrogen and oxygen atoms in total. The van der Waals surface area contributed by atoms with E-state index in [4.69, 9.17) is 14.2 Å². The van der Waals surface area contributed by atoms with Crippen LogP contribution in [0, 0.1) is 6.92 Å². The van der Waals surface area contributed by atoms with E-state index in [1.54, 1.807) is 0 Å². The zero-order valence-corrected chi connectivity index (χ0v) is 15.2. The number of carbonyl (C=O) groups is 2. The molecule has 27 heavy (non-hydrogen) atoms. The second-order valence-electron chi connectivity index (χ2n) is 8.70. The Balaban J connectivity index is 1.17. The van der Waals surface area contributed by atoms with E-state index in [1.165, 1.54) is 10.5 Å². The summed E-state index contributed by atoms with van der Waals surface area (Å²) in [6, 6.07) is 3.70. The van der Waals surface area contributed by atoms with Gasteiger partial charge in [-0.3, -0.25) is 9.69 Å². The maximum absolute atomic E-state index is 12.6. The lowest BCUT2D eigenvalue weighted by Gasteiger charge is -2.41. The van der Waals surface area contributed by atoms with E-state index >= 15 is 0 Å². The molecule has 3 heterocycles. The van der Waals surface area contributed by atoms with Crippen molar-refractivity contribution in [1.82, 2.24) is 10.2 Å². The van der Waals surface area contributed by atoms with Crippen LogP contribution in [0.1, 0.15) is 36.8 Å². The van der Waals surface area contributed by atoms with Crippen molar-refractivity contribution in [1.29, 1.82) is 0 Å². The van der Waals surface area contributed by atoms with E-state index in [1.807, 2.05) is 12.1 Å². The first-order chi connectivity index (χ1) is 13.0. The van der Waals surface area contributed by atoms with Crippen LogP contribution in [0.25, 0.3) is 0 Å². The number of imide groups is 1. The molecule has 0 aromatic heterocycles. The topological polar surface area (TPSA) is 77.1 Å². The maximum atomic E-state index is 12.6. The van der Waals surface area contributed by atoms with E-state index < -0.39 is 5.54 Å². The van der Waals surface area contributed by atoms with E-state index in [0.29, 0.717) is 12.8 Å². The number of ether oxygens (including phenoxy) is 3. The third-order valence-electron chi connectivity index (χ3n) is 6.81. The van der Waals surface area contributed by atoms with Gasteiger partial charge >= 0.3 is 6.03 Å². The number of fused-ring (bicyclic) bond motifs is 2. The third-order valence-corrected chi connectivity index (χ3v) is 6.81. The summed E-state index contributed by atoms with van der Waals surface area (Å²) in [6.45, 7) is 3.38. The van der Waals surface area contributed by atoms with Crippen molar-refractivity contribution in [3.8, 4) is 11.5 Å². The summed E-state index contributed by atoms with van der Waals surface area (Å²) < 4.78 is 17.4. The van der Waals surface area contributed by atoms with Crippen LogP contribution < -0.4 is 14.8 Å². The Labute approximate surface area is 156 Å². The predicted molar refractivity (Wildman–Crippen MR) is 94.0 cm³/mol. The molecule has 7 heteroatoms. The fourth-order valence-electron chi connectivity index (χ4n) is 4.78. The molecule has 1 aromatic rings. The zero-order chi connectivity index (χ0) is 18.4. The smallest absolute Gasteiger partial charge is 0.325 e. The number of carbonyl (C=O) groups excluding carboxylic acids is 2. The molecule has 2 aliphatic carbocycles. The first kappa shape index (κ1) is 15.7. The normalized spacial score (nSPS) is 31.2. The number of rotatable bonds is 3. The molecule has 2 saturated heterocycles. The van der Waals surface area contributed by atoms with Crippen LogP contribution in [-0.4, -0.2) is 54.3 Å². The molecule has 2 saturated carbocycles. The van der Waals surface area contributed by atoms with Crippen molar-refractivity contribution < 1.29 is 23.8 Å². The number of hydrogen-bond donors (Lipinski definition) is 1. The molecule has 3 aliphatic heterocycles. The van der Waals surface area contributed by atoms with Crippen molar-refractivity contribution in [2.24, 2.45) is 0 Å². The van der Waals surface area contributed by atoms with E-state index in [0.717, 1.165) is 36.5 Å². The van der Waals surface area contributed by atoms with Gasteiger partial charge in [-0.15, -0.1) is 0 Å². The molecule has 1 aromatic carbocycles. The molecule has 0 radical (unpaired) electrons. The summed E-state index contributed by atoms with van der Waals surface area (Å²) in [6.07, 6.45) is 3.67. The average Bonchev–Trinajstić information content (AvgIpc) is 3.17. The van der Waals surface area contributed by atoms with Crippen LogP contribution in [0.2, 0.25) is 0 Å². The third kappa shape index (κ3) is 2.00. The lowest BCUT2D eigenvalue weighted by molar-refractivity contribution is -0.151. The van der Waals surface area contributed by atoms with Crippen molar-refractivity contribution >= 4 is 11.9 Å². The molecule has 0 bridgehead atoms. The molecule has 4 fully saturated rings. The van der Waals surface area contributed by atoms with E-state index in [2.05, 4.69) is 12.2 Å². The SMILES string of the molecule is Cc1ccc(OC2CC(N3C(=O)NC4(COC4)C3=O)C2)c2c1OCC21CC1. The van der Waals surface area contributed by atoms with E-state index in [9.17, 15) is 9.59 Å². The van der Waals surface area contributed by atoms with Crippen LogP contribution >= 0.6 is 0 Å². The lowest BCUT2D eigenvalue weighted by atomic mass is 9.86. The number of nitrogens with one attached hydrogen (secondary N) is 1. The molecule has 6 rings (SSSR count). The molecule has 0 unspecified atom stereocenters. The summed E-state index contributed by atoms with van der Waals surface area (Å²) in [5.41, 5.74) is 1.73. The van der Waals surface area contributed by atoms with Crippen LogP contribution in [0.15, 0.2) is 12.1 Å². The van der Waals surface area contributed by atoms with Gasteiger partial charge in [0.15, 0.2) is 5.54 Å². The molecule has 2 spiro atoms. The van der Waals surface area contributed by atoms with Gasteiger partial charge < -0.3 is 19.5 Å². The monoisotopic (exact) mass is 370 g/mol. The average molecular weight is 370 g/mol. The minimum absolute atomic E-state index is 0.0213. The highest BCUT2D eigenvalue weighted by atomic mass is 16.5. The summed E-state index contributed by atoms with van der Waals surface area (Å²) in [5.74, 6) is 1.75. The predicted octanol–water partition coefficient (Wildman–Crippen LogP) is 1.65.